The Labute approximate surface area is 173 Å². The van der Waals surface area contributed by atoms with E-state index in [1.807, 2.05) is 40.0 Å². The van der Waals surface area contributed by atoms with Gasteiger partial charge < -0.3 is 10.1 Å². The molecule has 0 aliphatic carbocycles. The van der Waals surface area contributed by atoms with Gasteiger partial charge in [-0.15, -0.1) is 0 Å². The van der Waals surface area contributed by atoms with Crippen LogP contribution in [0.4, 0.5) is 10.2 Å². The zero-order valence-corrected chi connectivity index (χ0v) is 17.2. The summed E-state index contributed by atoms with van der Waals surface area (Å²) in [6.07, 6.45) is 4.27. The van der Waals surface area contributed by atoms with Crippen LogP contribution in [0.3, 0.4) is 0 Å². The molecule has 8 nitrogen and oxygen atoms in total. The van der Waals surface area contributed by atoms with Gasteiger partial charge in [0, 0.05) is 23.7 Å². The highest BCUT2D eigenvalue weighted by Crippen LogP contribution is 2.37. The summed E-state index contributed by atoms with van der Waals surface area (Å²) in [4.78, 5) is 14.7. The molecule has 0 spiro atoms. The number of hydrogen-bond donors (Lipinski definition) is 2. The second-order valence-corrected chi connectivity index (χ2v) is 8.23. The van der Waals surface area contributed by atoms with E-state index in [-0.39, 0.29) is 18.0 Å². The van der Waals surface area contributed by atoms with Crippen molar-refractivity contribution in [2.75, 3.05) is 5.32 Å². The zero-order valence-electron chi connectivity index (χ0n) is 17.2. The van der Waals surface area contributed by atoms with E-state index in [1.165, 1.54) is 6.07 Å². The molecule has 156 valence electrons. The summed E-state index contributed by atoms with van der Waals surface area (Å²) in [7, 11) is 0. The molecule has 30 heavy (non-hydrogen) atoms. The Morgan fingerprint density at radius 2 is 2.20 bits per heavy atom. The van der Waals surface area contributed by atoms with Crippen molar-refractivity contribution in [3.05, 3.63) is 53.1 Å². The van der Waals surface area contributed by atoms with Crippen LogP contribution in [-0.4, -0.2) is 32.3 Å². The molecule has 9 heteroatoms. The largest absolute Gasteiger partial charge is 0.490 e. The van der Waals surface area contributed by atoms with E-state index in [4.69, 9.17) is 14.6 Å². The average molecular weight is 410 g/mol. The fraction of sp³-hybridized carbons (Fsp3) is 0.381. The Kier molecular flexibility index (Phi) is 4.18. The topological polar surface area (TPSA) is 85.1 Å². The van der Waals surface area contributed by atoms with Crippen LogP contribution in [0.2, 0.25) is 0 Å². The van der Waals surface area contributed by atoms with Crippen molar-refractivity contribution in [3.8, 4) is 5.75 Å². The Hall–Kier alpha value is -3.20. The van der Waals surface area contributed by atoms with Crippen molar-refractivity contribution in [2.45, 2.75) is 52.0 Å². The maximum atomic E-state index is 14.2. The summed E-state index contributed by atoms with van der Waals surface area (Å²) in [6.45, 7) is 7.67. The summed E-state index contributed by atoms with van der Waals surface area (Å²) in [5.74, 6) is 1.72. The van der Waals surface area contributed by atoms with Crippen LogP contribution in [0, 0.1) is 5.82 Å². The number of nitrogens with one attached hydrogen (secondary N) is 2. The number of hydrogen-bond acceptors (Lipinski definition) is 7. The first-order valence-corrected chi connectivity index (χ1v) is 9.93. The van der Waals surface area contributed by atoms with E-state index in [1.54, 1.807) is 16.8 Å². The second kappa shape index (κ2) is 6.66. The van der Waals surface area contributed by atoms with Gasteiger partial charge in [-0.05, 0) is 45.9 Å². The van der Waals surface area contributed by atoms with E-state index >= 15 is 0 Å². The lowest BCUT2D eigenvalue weighted by atomic mass is 10.0. The third-order valence-electron chi connectivity index (χ3n) is 5.22. The van der Waals surface area contributed by atoms with Crippen molar-refractivity contribution in [1.82, 2.24) is 20.1 Å². The molecule has 3 aromatic rings. The van der Waals surface area contributed by atoms with Crippen molar-refractivity contribution in [3.63, 3.8) is 0 Å². The quantitative estimate of drug-likeness (QED) is 0.686. The summed E-state index contributed by atoms with van der Waals surface area (Å²) in [6, 6.07) is 4.70. The van der Waals surface area contributed by atoms with Gasteiger partial charge in [-0.1, -0.05) is 0 Å². The Bertz CT molecular complexity index is 1170. The lowest BCUT2D eigenvalue weighted by molar-refractivity contribution is -0.0269. The maximum Gasteiger partial charge on any atom is 0.182 e. The third-order valence-corrected chi connectivity index (χ3v) is 5.22. The standard InChI is InChI=1S/C21H23FN6O2/c1-11-7-13-8-14(22)9-15(18(13)29-11)12(2)24-17-5-6-28-20(25-17)16(10-23-28)19-26-21(3,4)30-27-19/h5-6,8-12H,7H2,1-4H3,(H,24,25)(H,26,27)/t11-,12-/m1/s1. The lowest BCUT2D eigenvalue weighted by Gasteiger charge is -2.18. The Morgan fingerprint density at radius 3 is 2.97 bits per heavy atom. The molecule has 2 aromatic heterocycles. The van der Waals surface area contributed by atoms with E-state index in [0.717, 1.165) is 22.4 Å². The highest BCUT2D eigenvalue weighted by molar-refractivity contribution is 6.03. The number of nitrogens with zero attached hydrogens (tertiary/aromatic N) is 4. The normalized spacial score (nSPS) is 20.4. The fourth-order valence-corrected chi connectivity index (χ4v) is 3.86. The lowest BCUT2D eigenvalue weighted by Crippen LogP contribution is -2.23. The number of aromatic nitrogens is 3. The van der Waals surface area contributed by atoms with Crippen molar-refractivity contribution >= 4 is 17.3 Å². The van der Waals surface area contributed by atoms with E-state index < -0.39 is 5.72 Å². The van der Waals surface area contributed by atoms with Crippen molar-refractivity contribution in [2.24, 2.45) is 4.99 Å². The summed E-state index contributed by atoms with van der Waals surface area (Å²) >= 11 is 0. The Balaban J connectivity index is 1.46. The smallest absolute Gasteiger partial charge is 0.182 e. The van der Waals surface area contributed by atoms with E-state index in [9.17, 15) is 4.39 Å². The molecule has 0 radical (unpaired) electrons. The van der Waals surface area contributed by atoms with Crippen LogP contribution in [0.5, 0.6) is 5.75 Å². The number of hydroxylamine groups is 1. The molecule has 2 aliphatic rings. The molecule has 0 saturated heterocycles. The van der Waals surface area contributed by atoms with Gasteiger partial charge in [0.15, 0.2) is 17.2 Å². The minimum absolute atomic E-state index is 0.0442. The average Bonchev–Trinajstić information content (AvgIpc) is 3.36. The molecule has 2 N–H and O–H groups in total. The minimum Gasteiger partial charge on any atom is -0.490 e. The monoisotopic (exact) mass is 410 g/mol. The molecule has 4 heterocycles. The van der Waals surface area contributed by atoms with Crippen molar-refractivity contribution < 1.29 is 14.0 Å². The van der Waals surface area contributed by atoms with Gasteiger partial charge in [0.25, 0.3) is 0 Å². The number of fused-ring (bicyclic) bond motifs is 2. The molecule has 2 aliphatic heterocycles. The molecule has 5 rings (SSSR count). The summed E-state index contributed by atoms with van der Waals surface area (Å²) in [5, 5.41) is 7.69. The molecular formula is C21H23FN6O2. The first-order chi connectivity index (χ1) is 14.3. The molecule has 0 fully saturated rings. The molecular weight excluding hydrogens is 387 g/mol. The van der Waals surface area contributed by atoms with Gasteiger partial charge in [0.1, 0.15) is 23.5 Å². The fourth-order valence-electron chi connectivity index (χ4n) is 3.86. The van der Waals surface area contributed by atoms with Crippen LogP contribution in [0.1, 0.15) is 50.4 Å². The first kappa shape index (κ1) is 18.8. The van der Waals surface area contributed by atoms with E-state index in [0.29, 0.717) is 23.7 Å². The zero-order chi connectivity index (χ0) is 21.0. The second-order valence-electron chi connectivity index (χ2n) is 8.23. The molecule has 2 atom stereocenters. The van der Waals surface area contributed by atoms with Crippen LogP contribution >= 0.6 is 0 Å². The van der Waals surface area contributed by atoms with Gasteiger partial charge in [-0.25, -0.2) is 29.2 Å². The van der Waals surface area contributed by atoms with Crippen LogP contribution in [0.15, 0.2) is 35.6 Å². The number of aliphatic imine (C=N–C) groups is 1. The molecule has 0 bridgehead atoms. The van der Waals surface area contributed by atoms with Crippen LogP contribution in [0.25, 0.3) is 5.65 Å². The SMILES string of the molecule is C[C@@H]1Cc2cc(F)cc([C@@H](C)Nc3ccn4ncc(C5=NC(C)(C)ON5)c4n3)c2O1. The van der Waals surface area contributed by atoms with Gasteiger partial charge in [-0.3, -0.25) is 0 Å². The number of halogens is 1. The number of ether oxygens (including phenoxy) is 1. The van der Waals surface area contributed by atoms with Crippen molar-refractivity contribution in [1.29, 1.82) is 0 Å². The van der Waals surface area contributed by atoms with Crippen LogP contribution in [-0.2, 0) is 11.3 Å². The molecule has 0 saturated carbocycles. The third kappa shape index (κ3) is 3.24. The maximum absolute atomic E-state index is 14.2. The molecule has 0 amide bonds. The predicted octanol–water partition coefficient (Wildman–Crippen LogP) is 3.38. The number of rotatable bonds is 4. The van der Waals surface area contributed by atoms with Gasteiger partial charge in [0.05, 0.1) is 17.8 Å². The molecule has 1 aromatic carbocycles. The van der Waals surface area contributed by atoms with E-state index in [2.05, 4.69) is 20.9 Å². The summed E-state index contributed by atoms with van der Waals surface area (Å²) in [5.41, 5.74) is 5.25. The minimum atomic E-state index is -0.650. The number of benzene rings is 1. The van der Waals surface area contributed by atoms with Crippen LogP contribution < -0.4 is 15.5 Å². The Morgan fingerprint density at radius 1 is 1.37 bits per heavy atom. The van der Waals surface area contributed by atoms with Gasteiger partial charge in [-0.2, -0.15) is 5.10 Å². The highest BCUT2D eigenvalue weighted by Gasteiger charge is 2.29. The number of anilines is 1. The van der Waals surface area contributed by atoms with Gasteiger partial charge in [0.2, 0.25) is 0 Å². The van der Waals surface area contributed by atoms with Gasteiger partial charge >= 0.3 is 0 Å². The summed E-state index contributed by atoms with van der Waals surface area (Å²) < 4.78 is 21.8. The predicted molar refractivity (Wildman–Crippen MR) is 110 cm³/mol. The number of amidine groups is 1. The first-order valence-electron chi connectivity index (χ1n) is 9.93. The highest BCUT2D eigenvalue weighted by atomic mass is 19.1. The molecule has 0 unspecified atom stereocenters.